The second kappa shape index (κ2) is 4.97. The highest BCUT2D eigenvalue weighted by Gasteiger charge is 2.00. The summed E-state index contributed by atoms with van der Waals surface area (Å²) >= 11 is 5.67. The maximum atomic E-state index is 9.02. The molecule has 0 aliphatic carbocycles. The lowest BCUT2D eigenvalue weighted by Crippen LogP contribution is -2.11. The van der Waals surface area contributed by atoms with Gasteiger partial charge < -0.3 is 16.2 Å². The second-order valence-electron chi connectivity index (χ2n) is 3.00. The average molecular weight is 217 g/mol. The summed E-state index contributed by atoms with van der Waals surface area (Å²) in [6.45, 7) is 2.34. The number of aromatic nitrogens is 2. The van der Waals surface area contributed by atoms with Gasteiger partial charge in [0, 0.05) is 12.6 Å². The Labute approximate surface area is 87.3 Å². The minimum atomic E-state index is -0.336. The minimum absolute atomic E-state index is 0.136. The monoisotopic (exact) mass is 216 g/mol. The lowest BCUT2D eigenvalue weighted by Gasteiger charge is -2.07. The van der Waals surface area contributed by atoms with Gasteiger partial charge in [-0.15, -0.1) is 0 Å². The van der Waals surface area contributed by atoms with E-state index in [2.05, 4.69) is 15.3 Å². The van der Waals surface area contributed by atoms with Crippen molar-refractivity contribution in [2.75, 3.05) is 17.6 Å². The third-order valence-electron chi connectivity index (χ3n) is 1.58. The van der Waals surface area contributed by atoms with E-state index in [-0.39, 0.29) is 12.1 Å². The summed E-state index contributed by atoms with van der Waals surface area (Å²) in [6, 6.07) is 1.58. The molecule has 1 rings (SSSR count). The van der Waals surface area contributed by atoms with Gasteiger partial charge in [-0.2, -0.15) is 4.98 Å². The Balaban J connectivity index is 2.50. The zero-order valence-electron chi connectivity index (χ0n) is 7.87. The highest BCUT2D eigenvalue weighted by Crippen LogP contribution is 2.12. The molecule has 1 atom stereocenters. The molecule has 0 radical (unpaired) electrons. The number of aliphatic hydroxyl groups is 1. The highest BCUT2D eigenvalue weighted by atomic mass is 35.5. The maximum Gasteiger partial charge on any atom is 0.223 e. The van der Waals surface area contributed by atoms with Crippen molar-refractivity contribution in [3.05, 3.63) is 11.2 Å². The first-order chi connectivity index (χ1) is 6.58. The molecular weight excluding hydrogens is 204 g/mol. The summed E-state index contributed by atoms with van der Waals surface area (Å²) in [5.74, 6) is 0.709. The molecule has 0 aliphatic rings. The van der Waals surface area contributed by atoms with Gasteiger partial charge in [-0.05, 0) is 13.3 Å². The van der Waals surface area contributed by atoms with Crippen LogP contribution in [0.3, 0.4) is 0 Å². The fraction of sp³-hybridized carbons (Fsp3) is 0.500. The fourth-order valence-corrected chi connectivity index (χ4v) is 1.12. The Morgan fingerprint density at radius 2 is 2.36 bits per heavy atom. The number of aliphatic hydroxyl groups excluding tert-OH is 1. The topological polar surface area (TPSA) is 84.1 Å². The van der Waals surface area contributed by atoms with E-state index in [1.807, 2.05) is 0 Å². The van der Waals surface area contributed by atoms with E-state index in [9.17, 15) is 0 Å². The molecule has 0 amide bonds. The fourth-order valence-electron chi connectivity index (χ4n) is 0.935. The van der Waals surface area contributed by atoms with Crippen LogP contribution in [0.2, 0.25) is 5.15 Å². The largest absolute Gasteiger partial charge is 0.393 e. The molecule has 1 aromatic heterocycles. The van der Waals surface area contributed by atoms with E-state index in [0.29, 0.717) is 23.9 Å². The van der Waals surface area contributed by atoms with Gasteiger partial charge in [0.2, 0.25) is 5.95 Å². The van der Waals surface area contributed by atoms with E-state index < -0.39 is 0 Å². The number of halogens is 1. The Kier molecular flexibility index (Phi) is 3.91. The molecule has 1 aromatic rings. The summed E-state index contributed by atoms with van der Waals surface area (Å²) in [4.78, 5) is 7.64. The van der Waals surface area contributed by atoms with Crippen LogP contribution in [-0.4, -0.2) is 27.7 Å². The molecule has 4 N–H and O–H groups in total. The van der Waals surface area contributed by atoms with Crippen LogP contribution in [0.15, 0.2) is 6.07 Å². The lowest BCUT2D eigenvalue weighted by atomic mass is 10.3. The zero-order chi connectivity index (χ0) is 10.6. The van der Waals surface area contributed by atoms with Crippen molar-refractivity contribution in [2.45, 2.75) is 19.4 Å². The summed E-state index contributed by atoms with van der Waals surface area (Å²) in [5.41, 5.74) is 5.39. The maximum absolute atomic E-state index is 9.02. The highest BCUT2D eigenvalue weighted by molar-refractivity contribution is 6.29. The molecule has 1 heterocycles. The van der Waals surface area contributed by atoms with Gasteiger partial charge in [0.25, 0.3) is 0 Å². The third-order valence-corrected chi connectivity index (χ3v) is 1.77. The Morgan fingerprint density at radius 3 is 2.93 bits per heavy atom. The summed E-state index contributed by atoms with van der Waals surface area (Å²) < 4.78 is 0. The van der Waals surface area contributed by atoms with E-state index in [1.165, 1.54) is 0 Å². The molecule has 0 saturated heterocycles. The van der Waals surface area contributed by atoms with Crippen molar-refractivity contribution < 1.29 is 5.11 Å². The summed E-state index contributed by atoms with van der Waals surface area (Å²) in [7, 11) is 0. The molecule has 0 spiro atoms. The smallest absolute Gasteiger partial charge is 0.223 e. The molecule has 0 fully saturated rings. The van der Waals surface area contributed by atoms with Gasteiger partial charge in [0.05, 0.1) is 6.10 Å². The van der Waals surface area contributed by atoms with Crippen molar-refractivity contribution in [3.63, 3.8) is 0 Å². The molecule has 0 bridgehead atoms. The molecule has 14 heavy (non-hydrogen) atoms. The standard InChI is InChI=1S/C8H13ClN4O/c1-5(14)2-3-11-7-4-6(9)12-8(10)13-7/h4-5,14H,2-3H2,1H3,(H3,10,11,12,13)/t5-/m1/s1. The Bertz CT molecular complexity index is 285. The number of nitrogens with two attached hydrogens (primary N) is 1. The lowest BCUT2D eigenvalue weighted by molar-refractivity contribution is 0.188. The Morgan fingerprint density at radius 1 is 1.64 bits per heavy atom. The van der Waals surface area contributed by atoms with Gasteiger partial charge in [-0.3, -0.25) is 0 Å². The van der Waals surface area contributed by atoms with Gasteiger partial charge in [0.15, 0.2) is 0 Å². The number of nitrogens with zero attached hydrogens (tertiary/aromatic N) is 2. The van der Waals surface area contributed by atoms with Gasteiger partial charge in [0.1, 0.15) is 11.0 Å². The van der Waals surface area contributed by atoms with Crippen molar-refractivity contribution in [1.82, 2.24) is 9.97 Å². The number of nitrogen functional groups attached to an aromatic ring is 1. The summed E-state index contributed by atoms with van der Waals surface area (Å²) in [6.07, 6.45) is 0.304. The number of nitrogens with one attached hydrogen (secondary N) is 1. The van der Waals surface area contributed by atoms with Crippen LogP contribution in [-0.2, 0) is 0 Å². The molecule has 0 aromatic carbocycles. The third kappa shape index (κ3) is 3.76. The van der Waals surface area contributed by atoms with Crippen molar-refractivity contribution in [1.29, 1.82) is 0 Å². The summed E-state index contributed by atoms with van der Waals surface area (Å²) in [5, 5.41) is 12.3. The van der Waals surface area contributed by atoms with Crippen LogP contribution < -0.4 is 11.1 Å². The average Bonchev–Trinajstić information content (AvgIpc) is 2.01. The van der Waals surface area contributed by atoms with Crippen LogP contribution in [0.4, 0.5) is 11.8 Å². The van der Waals surface area contributed by atoms with Crippen LogP contribution in [0.25, 0.3) is 0 Å². The predicted molar refractivity (Wildman–Crippen MR) is 56.2 cm³/mol. The molecule has 0 unspecified atom stereocenters. The first-order valence-electron chi connectivity index (χ1n) is 4.30. The van der Waals surface area contributed by atoms with E-state index in [4.69, 9.17) is 22.4 Å². The van der Waals surface area contributed by atoms with Crippen LogP contribution >= 0.6 is 11.6 Å². The molecular formula is C8H13ClN4O. The normalized spacial score (nSPS) is 12.5. The van der Waals surface area contributed by atoms with E-state index in [1.54, 1.807) is 13.0 Å². The van der Waals surface area contributed by atoms with Crippen LogP contribution in [0.1, 0.15) is 13.3 Å². The number of anilines is 2. The van der Waals surface area contributed by atoms with E-state index in [0.717, 1.165) is 0 Å². The molecule has 5 nitrogen and oxygen atoms in total. The number of hydrogen-bond acceptors (Lipinski definition) is 5. The van der Waals surface area contributed by atoms with Crippen molar-refractivity contribution in [3.8, 4) is 0 Å². The van der Waals surface area contributed by atoms with Crippen LogP contribution in [0, 0.1) is 0 Å². The molecule has 6 heteroatoms. The van der Waals surface area contributed by atoms with Gasteiger partial charge in [-0.1, -0.05) is 11.6 Å². The first kappa shape index (κ1) is 11.0. The quantitative estimate of drug-likeness (QED) is 0.652. The Hall–Kier alpha value is -1.07. The predicted octanol–water partition coefficient (Wildman–Crippen LogP) is 0.895. The number of hydrogen-bond donors (Lipinski definition) is 3. The zero-order valence-corrected chi connectivity index (χ0v) is 8.62. The minimum Gasteiger partial charge on any atom is -0.393 e. The first-order valence-corrected chi connectivity index (χ1v) is 4.67. The van der Waals surface area contributed by atoms with Crippen molar-refractivity contribution >= 4 is 23.4 Å². The SMILES string of the molecule is C[C@@H](O)CCNc1cc(Cl)nc(N)n1. The van der Waals surface area contributed by atoms with Gasteiger partial charge in [-0.25, -0.2) is 4.98 Å². The van der Waals surface area contributed by atoms with E-state index >= 15 is 0 Å². The molecule has 0 saturated carbocycles. The number of rotatable bonds is 4. The molecule has 78 valence electrons. The van der Waals surface area contributed by atoms with Crippen LogP contribution in [0.5, 0.6) is 0 Å². The van der Waals surface area contributed by atoms with Gasteiger partial charge >= 0.3 is 0 Å². The van der Waals surface area contributed by atoms with Crippen molar-refractivity contribution in [2.24, 2.45) is 0 Å². The molecule has 0 aliphatic heterocycles. The second-order valence-corrected chi connectivity index (χ2v) is 3.39.